The lowest BCUT2D eigenvalue weighted by molar-refractivity contribution is 0.273. The summed E-state index contributed by atoms with van der Waals surface area (Å²) < 4.78 is 28.7. The zero-order valence-corrected chi connectivity index (χ0v) is 12.6. The number of piperidine rings is 1. The lowest BCUT2D eigenvalue weighted by Gasteiger charge is -2.34. The monoisotopic (exact) mass is 292 g/mol. The van der Waals surface area contributed by atoms with Crippen LogP contribution in [0.5, 0.6) is 0 Å². The molecule has 1 aliphatic heterocycles. The third-order valence-electron chi connectivity index (χ3n) is 3.69. The summed E-state index contributed by atoms with van der Waals surface area (Å²) in [6, 6.07) is 0. The maximum Gasteiger partial charge on any atom is 0.280 e. The average molecular weight is 292 g/mol. The molecule has 0 aromatic rings. The van der Waals surface area contributed by atoms with E-state index in [1.54, 1.807) is 13.8 Å². The molecule has 1 saturated heterocycles. The molecule has 112 valence electrons. The first-order valence-corrected chi connectivity index (χ1v) is 7.96. The molecule has 4 N–H and O–H groups in total. The minimum atomic E-state index is -3.63. The highest BCUT2D eigenvalue weighted by molar-refractivity contribution is 7.87. The molecule has 1 heterocycles. The third-order valence-corrected chi connectivity index (χ3v) is 5.41. The molecule has 0 spiro atoms. The fraction of sp³-hybridized carbons (Fsp3) is 0.909. The maximum absolute atomic E-state index is 12.3. The number of nitrogens with zero attached hydrogens (tertiary/aromatic N) is 2. The molecule has 0 amide bonds. The first-order valence-electron chi connectivity index (χ1n) is 6.52. The molecule has 0 aromatic heterocycles. The number of oxime groups is 1. The van der Waals surface area contributed by atoms with Crippen LogP contribution in [0.4, 0.5) is 0 Å². The van der Waals surface area contributed by atoms with Gasteiger partial charge in [0.1, 0.15) is 0 Å². The van der Waals surface area contributed by atoms with Crippen molar-refractivity contribution in [2.45, 2.75) is 45.6 Å². The molecule has 0 radical (unpaired) electrons. The van der Waals surface area contributed by atoms with Gasteiger partial charge in [-0.1, -0.05) is 19.0 Å². The number of hydrogen-bond donors (Lipinski definition) is 3. The highest BCUT2D eigenvalue weighted by atomic mass is 32.2. The topological polar surface area (TPSA) is 108 Å². The first-order chi connectivity index (χ1) is 8.75. The zero-order valence-electron chi connectivity index (χ0n) is 11.8. The van der Waals surface area contributed by atoms with Gasteiger partial charge >= 0.3 is 0 Å². The van der Waals surface area contributed by atoms with Crippen LogP contribution in [0.25, 0.3) is 0 Å². The summed E-state index contributed by atoms with van der Waals surface area (Å²) in [5.41, 5.74) is 4.51. The summed E-state index contributed by atoms with van der Waals surface area (Å²) in [5, 5.41) is 11.7. The SMILES string of the molecule is CCC(C)(NS(=O)(=O)N1CCCC(C)C1)/C(N)=N/O. The lowest BCUT2D eigenvalue weighted by atomic mass is 10.00. The van der Waals surface area contributed by atoms with Crippen molar-refractivity contribution in [1.29, 1.82) is 0 Å². The molecular formula is C11H24N4O3S. The van der Waals surface area contributed by atoms with Gasteiger partial charge < -0.3 is 10.9 Å². The zero-order chi connectivity index (χ0) is 14.7. The molecule has 0 aliphatic carbocycles. The van der Waals surface area contributed by atoms with E-state index in [4.69, 9.17) is 10.9 Å². The van der Waals surface area contributed by atoms with Crippen LogP contribution in [0, 0.1) is 5.92 Å². The number of hydrogen-bond acceptors (Lipinski definition) is 4. The summed E-state index contributed by atoms with van der Waals surface area (Å²) >= 11 is 0. The van der Waals surface area contributed by atoms with E-state index in [0.717, 1.165) is 12.8 Å². The van der Waals surface area contributed by atoms with Crippen molar-refractivity contribution >= 4 is 16.0 Å². The lowest BCUT2D eigenvalue weighted by Crippen LogP contribution is -2.59. The molecule has 2 unspecified atom stereocenters. The molecule has 0 aromatic carbocycles. The van der Waals surface area contributed by atoms with E-state index < -0.39 is 15.7 Å². The van der Waals surface area contributed by atoms with E-state index >= 15 is 0 Å². The van der Waals surface area contributed by atoms with Gasteiger partial charge in [0.05, 0.1) is 5.54 Å². The Morgan fingerprint density at radius 1 is 1.63 bits per heavy atom. The average Bonchev–Trinajstić information content (AvgIpc) is 2.37. The second kappa shape index (κ2) is 6.06. The summed E-state index contributed by atoms with van der Waals surface area (Å²) in [5.74, 6) is 0.214. The molecule has 7 nitrogen and oxygen atoms in total. The predicted molar refractivity (Wildman–Crippen MR) is 74.1 cm³/mol. The smallest absolute Gasteiger partial charge is 0.280 e. The van der Waals surface area contributed by atoms with Gasteiger partial charge in [-0.2, -0.15) is 17.4 Å². The van der Waals surface area contributed by atoms with Crippen molar-refractivity contribution in [2.24, 2.45) is 16.8 Å². The van der Waals surface area contributed by atoms with Crippen molar-refractivity contribution in [3.63, 3.8) is 0 Å². The van der Waals surface area contributed by atoms with E-state index in [9.17, 15) is 8.42 Å². The molecule has 1 fully saturated rings. The molecule has 0 saturated carbocycles. The standard InChI is InChI=1S/C11H24N4O3S/c1-4-11(3,10(12)13-16)14-19(17,18)15-7-5-6-9(2)8-15/h9,14,16H,4-8H2,1-3H3,(H2,12,13). The summed E-state index contributed by atoms with van der Waals surface area (Å²) in [6.45, 7) is 6.43. The largest absolute Gasteiger partial charge is 0.409 e. The van der Waals surface area contributed by atoms with Gasteiger partial charge in [-0.05, 0) is 32.1 Å². The Morgan fingerprint density at radius 2 is 2.26 bits per heavy atom. The van der Waals surface area contributed by atoms with Gasteiger partial charge in [-0.25, -0.2) is 0 Å². The fourth-order valence-electron chi connectivity index (χ4n) is 2.13. The number of rotatable bonds is 5. The molecule has 19 heavy (non-hydrogen) atoms. The van der Waals surface area contributed by atoms with Crippen LogP contribution >= 0.6 is 0 Å². The Kier molecular flexibility index (Phi) is 5.17. The van der Waals surface area contributed by atoms with Gasteiger partial charge in [-0.15, -0.1) is 0 Å². The van der Waals surface area contributed by atoms with Crippen molar-refractivity contribution in [2.75, 3.05) is 13.1 Å². The van der Waals surface area contributed by atoms with E-state index in [-0.39, 0.29) is 5.84 Å². The highest BCUT2D eigenvalue weighted by Crippen LogP contribution is 2.20. The highest BCUT2D eigenvalue weighted by Gasteiger charge is 2.36. The third kappa shape index (κ3) is 3.80. The second-order valence-corrected chi connectivity index (χ2v) is 7.05. The van der Waals surface area contributed by atoms with Gasteiger partial charge in [0.2, 0.25) is 0 Å². The number of amidine groups is 1. The molecular weight excluding hydrogens is 268 g/mol. The van der Waals surface area contributed by atoms with Gasteiger partial charge in [0.15, 0.2) is 5.84 Å². The number of nitrogens with two attached hydrogens (primary N) is 1. The van der Waals surface area contributed by atoms with Crippen LogP contribution in [0.15, 0.2) is 5.16 Å². The first kappa shape index (κ1) is 16.2. The van der Waals surface area contributed by atoms with Crippen LogP contribution in [-0.2, 0) is 10.2 Å². The normalized spacial score (nSPS) is 26.1. The van der Waals surface area contributed by atoms with Crippen LogP contribution < -0.4 is 10.5 Å². The van der Waals surface area contributed by atoms with E-state index in [2.05, 4.69) is 9.88 Å². The van der Waals surface area contributed by atoms with Crippen LogP contribution in [0.2, 0.25) is 0 Å². The van der Waals surface area contributed by atoms with Gasteiger partial charge in [0.25, 0.3) is 10.2 Å². The molecule has 2 atom stereocenters. The Morgan fingerprint density at radius 3 is 2.74 bits per heavy atom. The van der Waals surface area contributed by atoms with Crippen molar-refractivity contribution in [3.8, 4) is 0 Å². The van der Waals surface area contributed by atoms with Crippen molar-refractivity contribution in [3.05, 3.63) is 0 Å². The summed E-state index contributed by atoms with van der Waals surface area (Å²) in [4.78, 5) is 0. The minimum Gasteiger partial charge on any atom is -0.409 e. The van der Waals surface area contributed by atoms with Gasteiger partial charge in [-0.3, -0.25) is 0 Å². The van der Waals surface area contributed by atoms with E-state index in [0.29, 0.717) is 25.4 Å². The summed E-state index contributed by atoms with van der Waals surface area (Å²) in [6.07, 6.45) is 2.29. The minimum absolute atomic E-state index is 0.136. The molecule has 0 bridgehead atoms. The van der Waals surface area contributed by atoms with Crippen LogP contribution in [0.3, 0.4) is 0 Å². The molecule has 8 heteroatoms. The Labute approximate surface area is 115 Å². The van der Waals surface area contributed by atoms with Crippen LogP contribution in [-0.4, -0.2) is 42.4 Å². The van der Waals surface area contributed by atoms with E-state index in [1.807, 2.05) is 6.92 Å². The predicted octanol–water partition coefficient (Wildman–Crippen LogP) is 0.468. The molecule has 1 aliphatic rings. The Hall–Kier alpha value is -0.860. The Bertz CT molecular complexity index is 437. The summed E-state index contributed by atoms with van der Waals surface area (Å²) in [7, 11) is -3.63. The second-order valence-electron chi connectivity index (χ2n) is 5.38. The van der Waals surface area contributed by atoms with E-state index in [1.165, 1.54) is 4.31 Å². The number of nitrogens with one attached hydrogen (secondary N) is 1. The van der Waals surface area contributed by atoms with Crippen LogP contribution in [0.1, 0.15) is 40.0 Å². The van der Waals surface area contributed by atoms with Gasteiger partial charge in [0, 0.05) is 13.1 Å². The Balaban J connectivity index is 2.89. The van der Waals surface area contributed by atoms with Crippen molar-refractivity contribution in [1.82, 2.24) is 9.03 Å². The molecule has 1 rings (SSSR count). The van der Waals surface area contributed by atoms with Crippen molar-refractivity contribution < 1.29 is 13.6 Å². The fourth-order valence-corrected chi connectivity index (χ4v) is 3.90. The maximum atomic E-state index is 12.3. The quantitative estimate of drug-likeness (QED) is 0.296.